The molecule has 1 aromatic heterocycles. The highest BCUT2D eigenvalue weighted by atomic mass is 32.2. The van der Waals surface area contributed by atoms with E-state index >= 15 is 0 Å². The van der Waals surface area contributed by atoms with Gasteiger partial charge >= 0.3 is 0 Å². The van der Waals surface area contributed by atoms with E-state index in [-0.39, 0.29) is 0 Å². The van der Waals surface area contributed by atoms with Crippen molar-refractivity contribution in [1.82, 2.24) is 10.2 Å². The number of thioether (sulfide) groups is 1. The van der Waals surface area contributed by atoms with Crippen LogP contribution in [0.4, 0.5) is 5.13 Å². The van der Waals surface area contributed by atoms with Crippen LogP contribution in [0.5, 0.6) is 5.75 Å². The van der Waals surface area contributed by atoms with E-state index in [1.54, 1.807) is 30.2 Å². The van der Waals surface area contributed by atoms with Crippen LogP contribution < -0.4 is 10.1 Å². The number of nitrogens with zero attached hydrogens (tertiary/aromatic N) is 2. The molecule has 0 aliphatic heterocycles. The van der Waals surface area contributed by atoms with E-state index in [2.05, 4.69) is 28.5 Å². The van der Waals surface area contributed by atoms with Gasteiger partial charge in [0.05, 0.1) is 13.2 Å². The first-order valence-electron chi connectivity index (χ1n) is 6.66. The Morgan fingerprint density at radius 3 is 3.00 bits per heavy atom. The van der Waals surface area contributed by atoms with Crippen LogP contribution in [0.2, 0.25) is 0 Å². The van der Waals surface area contributed by atoms with Crippen LogP contribution in [0.1, 0.15) is 5.56 Å². The lowest BCUT2D eigenvalue weighted by atomic mass is 10.2. The zero-order valence-corrected chi connectivity index (χ0v) is 13.8. The van der Waals surface area contributed by atoms with Crippen molar-refractivity contribution in [3.63, 3.8) is 0 Å². The molecule has 0 spiro atoms. The van der Waals surface area contributed by atoms with Gasteiger partial charge in [0.25, 0.3) is 0 Å². The molecular formula is C14H19N3O2S2. The lowest BCUT2D eigenvalue weighted by Gasteiger charge is -2.05. The molecule has 1 heterocycles. The van der Waals surface area contributed by atoms with E-state index in [4.69, 9.17) is 9.47 Å². The van der Waals surface area contributed by atoms with Gasteiger partial charge in [0.15, 0.2) is 4.34 Å². The Morgan fingerprint density at radius 1 is 1.29 bits per heavy atom. The molecule has 2 aromatic rings. The second-order valence-electron chi connectivity index (χ2n) is 4.31. The predicted molar refractivity (Wildman–Crippen MR) is 87.7 cm³/mol. The fourth-order valence-corrected chi connectivity index (χ4v) is 3.26. The molecule has 21 heavy (non-hydrogen) atoms. The van der Waals surface area contributed by atoms with Crippen LogP contribution in [-0.2, 0) is 4.74 Å². The number of methoxy groups -OCH3 is 1. The number of aromatic nitrogens is 2. The van der Waals surface area contributed by atoms with Crippen molar-refractivity contribution in [2.75, 3.05) is 37.9 Å². The summed E-state index contributed by atoms with van der Waals surface area (Å²) in [7, 11) is 1.68. The van der Waals surface area contributed by atoms with Crippen molar-refractivity contribution < 1.29 is 9.47 Å². The summed E-state index contributed by atoms with van der Waals surface area (Å²) in [6.07, 6.45) is 0. The fraction of sp³-hybridized carbons (Fsp3) is 0.429. The van der Waals surface area contributed by atoms with Gasteiger partial charge < -0.3 is 14.8 Å². The van der Waals surface area contributed by atoms with Gasteiger partial charge in [-0.1, -0.05) is 35.2 Å². The van der Waals surface area contributed by atoms with Crippen LogP contribution >= 0.6 is 23.1 Å². The Kier molecular flexibility index (Phi) is 6.78. The van der Waals surface area contributed by atoms with E-state index in [0.717, 1.165) is 27.5 Å². The second-order valence-corrected chi connectivity index (χ2v) is 6.63. The van der Waals surface area contributed by atoms with E-state index in [1.165, 1.54) is 5.56 Å². The molecular weight excluding hydrogens is 306 g/mol. The average molecular weight is 325 g/mol. The maximum absolute atomic E-state index is 5.70. The van der Waals surface area contributed by atoms with Gasteiger partial charge in [0, 0.05) is 19.4 Å². The fourth-order valence-electron chi connectivity index (χ4n) is 1.59. The molecule has 0 saturated heterocycles. The standard InChI is InChI=1S/C14H19N3O2S2/c1-11-4-3-5-12(10-11)19-8-9-20-14-17-16-13(21-14)15-6-7-18-2/h3-5,10H,6-9H2,1-2H3,(H,15,16). The van der Waals surface area contributed by atoms with Gasteiger partial charge in [-0.3, -0.25) is 0 Å². The van der Waals surface area contributed by atoms with Crippen LogP contribution in [0.15, 0.2) is 28.6 Å². The van der Waals surface area contributed by atoms with Gasteiger partial charge in [-0.25, -0.2) is 0 Å². The minimum atomic E-state index is 0.653. The Morgan fingerprint density at radius 2 is 2.19 bits per heavy atom. The Hall–Kier alpha value is -1.31. The zero-order valence-electron chi connectivity index (χ0n) is 12.2. The van der Waals surface area contributed by atoms with Crippen molar-refractivity contribution in [1.29, 1.82) is 0 Å². The quantitative estimate of drug-likeness (QED) is 0.565. The highest BCUT2D eigenvalue weighted by molar-refractivity contribution is 8.01. The Balaban J connectivity index is 1.66. The summed E-state index contributed by atoms with van der Waals surface area (Å²) < 4.78 is 11.6. The first-order chi connectivity index (χ1) is 10.3. The molecule has 0 amide bonds. The third kappa shape index (κ3) is 5.91. The van der Waals surface area contributed by atoms with Gasteiger partial charge in [-0.05, 0) is 24.6 Å². The summed E-state index contributed by atoms with van der Waals surface area (Å²) in [5.41, 5.74) is 1.20. The van der Waals surface area contributed by atoms with Gasteiger partial charge in [0.2, 0.25) is 5.13 Å². The number of ether oxygens (including phenoxy) is 2. The van der Waals surface area contributed by atoms with E-state index in [1.807, 2.05) is 18.2 Å². The van der Waals surface area contributed by atoms with Crippen molar-refractivity contribution in [3.05, 3.63) is 29.8 Å². The largest absolute Gasteiger partial charge is 0.493 e. The molecule has 0 fully saturated rings. The highest BCUT2D eigenvalue weighted by Gasteiger charge is 2.04. The predicted octanol–water partition coefficient (Wildman–Crippen LogP) is 3.08. The zero-order chi connectivity index (χ0) is 14.9. The molecule has 0 saturated carbocycles. The SMILES string of the molecule is COCCNc1nnc(SCCOc2cccc(C)c2)s1. The minimum Gasteiger partial charge on any atom is -0.493 e. The Bertz CT molecular complexity index is 549. The van der Waals surface area contributed by atoms with Crippen molar-refractivity contribution in [2.24, 2.45) is 0 Å². The molecule has 0 aliphatic carbocycles. The smallest absolute Gasteiger partial charge is 0.206 e. The summed E-state index contributed by atoms with van der Waals surface area (Å²) in [6, 6.07) is 8.06. The number of hydrogen-bond acceptors (Lipinski definition) is 7. The lowest BCUT2D eigenvalue weighted by molar-refractivity contribution is 0.211. The van der Waals surface area contributed by atoms with Gasteiger partial charge in [-0.2, -0.15) is 0 Å². The number of nitrogens with one attached hydrogen (secondary N) is 1. The van der Waals surface area contributed by atoms with Crippen LogP contribution in [-0.4, -0.2) is 42.8 Å². The summed E-state index contributed by atoms with van der Waals surface area (Å²) in [5.74, 6) is 1.76. The first kappa shape index (κ1) is 16.1. The molecule has 0 unspecified atom stereocenters. The van der Waals surface area contributed by atoms with Crippen LogP contribution in [0, 0.1) is 6.92 Å². The maximum atomic E-state index is 5.70. The number of anilines is 1. The Labute approximate surface area is 133 Å². The van der Waals surface area contributed by atoms with Gasteiger partial charge in [0.1, 0.15) is 5.75 Å². The summed E-state index contributed by atoms with van der Waals surface area (Å²) >= 11 is 3.20. The molecule has 5 nitrogen and oxygen atoms in total. The molecule has 0 aliphatic rings. The molecule has 0 atom stereocenters. The van der Waals surface area contributed by atoms with Gasteiger partial charge in [-0.15, -0.1) is 10.2 Å². The molecule has 114 valence electrons. The monoisotopic (exact) mass is 325 g/mol. The minimum absolute atomic E-state index is 0.653. The third-order valence-corrected chi connectivity index (χ3v) is 4.53. The van der Waals surface area contributed by atoms with Crippen molar-refractivity contribution in [2.45, 2.75) is 11.3 Å². The topological polar surface area (TPSA) is 56.3 Å². The van der Waals surface area contributed by atoms with Crippen LogP contribution in [0.3, 0.4) is 0 Å². The number of aryl methyl sites for hydroxylation is 1. The molecule has 1 N–H and O–H groups in total. The highest BCUT2D eigenvalue weighted by Crippen LogP contribution is 2.25. The summed E-state index contributed by atoms with van der Waals surface area (Å²) in [4.78, 5) is 0. The second kappa shape index (κ2) is 8.86. The lowest BCUT2D eigenvalue weighted by Crippen LogP contribution is -2.06. The summed E-state index contributed by atoms with van der Waals surface area (Å²) in [6.45, 7) is 4.11. The normalized spacial score (nSPS) is 10.6. The molecule has 1 aromatic carbocycles. The number of benzene rings is 1. The molecule has 0 bridgehead atoms. The molecule has 7 heteroatoms. The van der Waals surface area contributed by atoms with E-state index in [0.29, 0.717) is 13.2 Å². The third-order valence-electron chi connectivity index (χ3n) is 2.56. The molecule has 2 rings (SSSR count). The van der Waals surface area contributed by atoms with Crippen molar-refractivity contribution >= 4 is 28.2 Å². The van der Waals surface area contributed by atoms with E-state index < -0.39 is 0 Å². The van der Waals surface area contributed by atoms with E-state index in [9.17, 15) is 0 Å². The average Bonchev–Trinajstić information content (AvgIpc) is 2.92. The summed E-state index contributed by atoms with van der Waals surface area (Å²) in [5, 5.41) is 12.2. The maximum Gasteiger partial charge on any atom is 0.206 e. The number of hydrogen-bond donors (Lipinski definition) is 1. The first-order valence-corrected chi connectivity index (χ1v) is 8.46. The van der Waals surface area contributed by atoms with Crippen molar-refractivity contribution in [3.8, 4) is 5.75 Å². The molecule has 0 radical (unpaired) electrons. The number of rotatable bonds is 9. The van der Waals surface area contributed by atoms with Crippen LogP contribution in [0.25, 0.3) is 0 Å².